The molecule has 152 valence electrons. The number of halogens is 2. The Hall–Kier alpha value is -3.63. The number of aromatic nitrogens is 1. The highest BCUT2D eigenvalue weighted by Gasteiger charge is 2.21. The molecule has 0 bridgehead atoms. The van der Waals surface area contributed by atoms with Gasteiger partial charge >= 0.3 is 0 Å². The van der Waals surface area contributed by atoms with Crippen molar-refractivity contribution in [1.82, 2.24) is 4.98 Å². The van der Waals surface area contributed by atoms with Crippen LogP contribution >= 0.6 is 11.6 Å². The van der Waals surface area contributed by atoms with Crippen LogP contribution in [0.15, 0.2) is 54.7 Å². The Balaban J connectivity index is 1.86. The molecule has 0 spiro atoms. The summed E-state index contributed by atoms with van der Waals surface area (Å²) in [7, 11) is 0. The van der Waals surface area contributed by atoms with E-state index in [2.05, 4.69) is 16.4 Å². The lowest BCUT2D eigenvalue weighted by Crippen LogP contribution is -2.17. The number of carbonyl (C=O) groups excluding carboxylic acids is 1. The first-order chi connectivity index (χ1) is 14.2. The van der Waals surface area contributed by atoms with Crippen LogP contribution in [-0.2, 0) is 5.41 Å². The van der Waals surface area contributed by atoms with Gasteiger partial charge in [0.1, 0.15) is 11.6 Å². The molecule has 0 unspecified atom stereocenters. The summed E-state index contributed by atoms with van der Waals surface area (Å²) in [5.41, 5.74) is 6.13. The Bertz CT molecular complexity index is 1140. The second-order valence-electron chi connectivity index (χ2n) is 7.07. The number of amides is 1. The van der Waals surface area contributed by atoms with Crippen LogP contribution in [0.3, 0.4) is 0 Å². The quantitative estimate of drug-likeness (QED) is 0.578. The third kappa shape index (κ3) is 4.67. The van der Waals surface area contributed by atoms with Crippen LogP contribution in [0.25, 0.3) is 0 Å². The number of carbonyl (C=O) groups is 1. The van der Waals surface area contributed by atoms with Crippen molar-refractivity contribution in [1.29, 1.82) is 5.26 Å². The van der Waals surface area contributed by atoms with Crippen LogP contribution in [0.1, 0.15) is 29.8 Å². The minimum absolute atomic E-state index is 0.0156. The van der Waals surface area contributed by atoms with Crippen molar-refractivity contribution >= 4 is 28.9 Å². The molecule has 3 rings (SSSR count). The SMILES string of the molecule is CC(C)(C#N)c1cccc(C(=O)Nc2cc(Oc3ccc(N)cn3)c(Cl)cc2F)c1. The lowest BCUT2D eigenvalue weighted by molar-refractivity contribution is 0.102. The number of anilines is 2. The summed E-state index contributed by atoms with van der Waals surface area (Å²) in [5, 5.41) is 11.8. The number of pyridine rings is 1. The van der Waals surface area contributed by atoms with Crippen molar-refractivity contribution in [3.63, 3.8) is 0 Å². The molecule has 2 aromatic carbocycles. The smallest absolute Gasteiger partial charge is 0.255 e. The van der Waals surface area contributed by atoms with Gasteiger partial charge in [0.2, 0.25) is 5.88 Å². The van der Waals surface area contributed by atoms with Gasteiger partial charge in [0.25, 0.3) is 5.91 Å². The first kappa shape index (κ1) is 21.1. The molecule has 0 fully saturated rings. The predicted molar refractivity (Wildman–Crippen MR) is 113 cm³/mol. The van der Waals surface area contributed by atoms with E-state index in [1.165, 1.54) is 18.3 Å². The Morgan fingerprint density at radius 3 is 2.70 bits per heavy atom. The normalized spacial score (nSPS) is 10.9. The maximum absolute atomic E-state index is 14.4. The van der Waals surface area contributed by atoms with E-state index in [0.717, 1.165) is 6.07 Å². The average molecular weight is 425 g/mol. The highest BCUT2D eigenvalue weighted by Crippen LogP contribution is 2.34. The van der Waals surface area contributed by atoms with Crippen molar-refractivity contribution in [2.45, 2.75) is 19.3 Å². The maximum atomic E-state index is 14.4. The summed E-state index contributed by atoms with van der Waals surface area (Å²) in [6, 6.07) is 14.2. The minimum Gasteiger partial charge on any atom is -0.437 e. The van der Waals surface area contributed by atoms with E-state index >= 15 is 0 Å². The molecule has 0 saturated heterocycles. The van der Waals surface area contributed by atoms with E-state index in [1.807, 2.05) is 0 Å². The van der Waals surface area contributed by atoms with Gasteiger partial charge in [-0.1, -0.05) is 23.7 Å². The zero-order valence-electron chi connectivity index (χ0n) is 16.2. The molecular formula is C22H18ClFN4O2. The molecule has 8 heteroatoms. The molecule has 6 nitrogen and oxygen atoms in total. The summed E-state index contributed by atoms with van der Waals surface area (Å²) >= 11 is 6.06. The van der Waals surface area contributed by atoms with Gasteiger partial charge in [-0.05, 0) is 43.7 Å². The van der Waals surface area contributed by atoms with E-state index < -0.39 is 17.1 Å². The van der Waals surface area contributed by atoms with Gasteiger partial charge in [-0.15, -0.1) is 0 Å². The molecule has 0 aliphatic rings. The zero-order valence-corrected chi connectivity index (χ0v) is 17.0. The van der Waals surface area contributed by atoms with Crippen LogP contribution in [0.2, 0.25) is 5.02 Å². The molecule has 30 heavy (non-hydrogen) atoms. The van der Waals surface area contributed by atoms with Crippen molar-refractivity contribution < 1.29 is 13.9 Å². The van der Waals surface area contributed by atoms with Crippen LogP contribution in [0.4, 0.5) is 15.8 Å². The average Bonchev–Trinajstić information content (AvgIpc) is 2.73. The second-order valence-corrected chi connectivity index (χ2v) is 7.47. The second kappa shape index (κ2) is 8.39. The number of hydrogen-bond donors (Lipinski definition) is 2. The molecule has 0 aliphatic heterocycles. The fourth-order valence-electron chi connectivity index (χ4n) is 2.58. The molecule has 3 N–H and O–H groups in total. The fourth-order valence-corrected chi connectivity index (χ4v) is 2.77. The number of ether oxygens (including phenoxy) is 1. The van der Waals surface area contributed by atoms with Crippen molar-refractivity contribution in [2.75, 3.05) is 11.1 Å². The molecule has 1 heterocycles. The molecule has 1 aromatic heterocycles. The lowest BCUT2D eigenvalue weighted by Gasteiger charge is -2.17. The van der Waals surface area contributed by atoms with Gasteiger partial charge in [0.05, 0.1) is 34.1 Å². The van der Waals surface area contributed by atoms with E-state index in [9.17, 15) is 14.4 Å². The van der Waals surface area contributed by atoms with Crippen molar-refractivity contribution in [2.24, 2.45) is 0 Å². The molecule has 0 atom stereocenters. The van der Waals surface area contributed by atoms with Gasteiger partial charge in [-0.25, -0.2) is 9.37 Å². The first-order valence-electron chi connectivity index (χ1n) is 8.91. The summed E-state index contributed by atoms with van der Waals surface area (Å²) in [6.45, 7) is 3.50. The topological polar surface area (TPSA) is 101 Å². The number of rotatable bonds is 5. The van der Waals surface area contributed by atoms with Gasteiger partial charge in [-0.2, -0.15) is 5.26 Å². The number of benzene rings is 2. The van der Waals surface area contributed by atoms with Gasteiger partial charge in [0, 0.05) is 17.7 Å². The highest BCUT2D eigenvalue weighted by atomic mass is 35.5. The lowest BCUT2D eigenvalue weighted by atomic mass is 9.85. The minimum atomic E-state index is -0.769. The largest absolute Gasteiger partial charge is 0.437 e. The summed E-state index contributed by atoms with van der Waals surface area (Å²) in [6.07, 6.45) is 1.41. The number of nitrogen functional groups attached to an aromatic ring is 1. The van der Waals surface area contributed by atoms with Gasteiger partial charge < -0.3 is 15.8 Å². The Morgan fingerprint density at radius 1 is 1.27 bits per heavy atom. The number of nitriles is 1. The van der Waals surface area contributed by atoms with Crippen molar-refractivity contribution in [3.8, 4) is 17.7 Å². The molecule has 1 amide bonds. The summed E-state index contributed by atoms with van der Waals surface area (Å²) in [5.74, 6) is -0.936. The predicted octanol–water partition coefficient (Wildman–Crippen LogP) is 5.30. The van der Waals surface area contributed by atoms with E-state index in [4.69, 9.17) is 22.1 Å². The number of nitrogens with two attached hydrogens (primary N) is 1. The van der Waals surface area contributed by atoms with Crippen LogP contribution < -0.4 is 15.8 Å². The summed E-state index contributed by atoms with van der Waals surface area (Å²) in [4.78, 5) is 16.7. The first-order valence-corrected chi connectivity index (χ1v) is 9.29. The third-order valence-electron chi connectivity index (χ3n) is 4.37. The molecule has 0 saturated carbocycles. The van der Waals surface area contributed by atoms with E-state index in [-0.39, 0.29) is 27.9 Å². The standard InChI is InChI=1S/C22H18ClFN4O2/c1-22(2,12-25)14-5-3-4-13(8-14)21(29)28-18-10-19(16(23)9-17(18)24)30-20-7-6-15(26)11-27-20/h3-11H,26H2,1-2H3,(H,28,29). The monoisotopic (exact) mass is 424 g/mol. The molecule has 3 aromatic rings. The number of hydrogen-bond acceptors (Lipinski definition) is 5. The zero-order chi connectivity index (χ0) is 21.9. The highest BCUT2D eigenvalue weighted by molar-refractivity contribution is 6.32. The Morgan fingerprint density at radius 2 is 2.03 bits per heavy atom. The van der Waals surface area contributed by atoms with E-state index in [0.29, 0.717) is 11.3 Å². The van der Waals surface area contributed by atoms with E-state index in [1.54, 1.807) is 44.2 Å². The van der Waals surface area contributed by atoms with Crippen LogP contribution in [-0.4, -0.2) is 10.9 Å². The van der Waals surface area contributed by atoms with Crippen molar-refractivity contribution in [3.05, 3.63) is 76.7 Å². The number of nitrogens with zero attached hydrogens (tertiary/aromatic N) is 2. The molecule has 0 radical (unpaired) electrons. The van der Waals surface area contributed by atoms with Gasteiger partial charge in [0.15, 0.2) is 0 Å². The maximum Gasteiger partial charge on any atom is 0.255 e. The Labute approximate surface area is 178 Å². The number of nitrogens with one attached hydrogen (secondary N) is 1. The fraction of sp³-hybridized carbons (Fsp3) is 0.136. The molecular weight excluding hydrogens is 407 g/mol. The third-order valence-corrected chi connectivity index (χ3v) is 4.66. The Kier molecular flexibility index (Phi) is 5.90. The van der Waals surface area contributed by atoms with Crippen LogP contribution in [0, 0.1) is 17.1 Å². The summed E-state index contributed by atoms with van der Waals surface area (Å²) < 4.78 is 20.0. The molecule has 0 aliphatic carbocycles. The van der Waals surface area contributed by atoms with Crippen LogP contribution in [0.5, 0.6) is 11.6 Å². The van der Waals surface area contributed by atoms with Gasteiger partial charge in [-0.3, -0.25) is 4.79 Å².